The first-order chi connectivity index (χ1) is 18.1. The Bertz CT molecular complexity index is 1370. The summed E-state index contributed by atoms with van der Waals surface area (Å²) in [5.74, 6) is 1.33. The summed E-state index contributed by atoms with van der Waals surface area (Å²) in [4.78, 5) is 29.6. The van der Waals surface area contributed by atoms with Crippen molar-refractivity contribution in [3.63, 3.8) is 0 Å². The van der Waals surface area contributed by atoms with Crippen molar-refractivity contribution >= 4 is 17.5 Å². The van der Waals surface area contributed by atoms with Gasteiger partial charge in [0.2, 0.25) is 5.91 Å². The second kappa shape index (κ2) is 9.65. The first-order valence-corrected chi connectivity index (χ1v) is 12.7. The van der Waals surface area contributed by atoms with E-state index in [2.05, 4.69) is 47.1 Å². The number of hydrogen-bond acceptors (Lipinski definition) is 5. The monoisotopic (exact) mass is 495 g/mol. The Morgan fingerprint density at radius 3 is 2.65 bits per heavy atom. The SMILES string of the molecule is C=C1CCC(N2Cc3c(OCc4ccc(CN5CCOc6ccccc65)cc4)cccc3C2=O)C(=O)N1. The predicted molar refractivity (Wildman–Crippen MR) is 140 cm³/mol. The van der Waals surface area contributed by atoms with E-state index >= 15 is 0 Å². The van der Waals surface area contributed by atoms with Gasteiger partial charge in [0.05, 0.1) is 18.8 Å². The van der Waals surface area contributed by atoms with Crippen LogP contribution in [0, 0.1) is 0 Å². The molecule has 1 unspecified atom stereocenters. The van der Waals surface area contributed by atoms with E-state index in [0.29, 0.717) is 49.6 Å². The fourth-order valence-corrected chi connectivity index (χ4v) is 5.29. The van der Waals surface area contributed by atoms with Crippen molar-refractivity contribution in [2.45, 2.75) is 38.6 Å². The van der Waals surface area contributed by atoms with Crippen molar-refractivity contribution in [1.82, 2.24) is 10.2 Å². The molecule has 1 saturated heterocycles. The summed E-state index contributed by atoms with van der Waals surface area (Å²) >= 11 is 0. The second-order valence-corrected chi connectivity index (χ2v) is 9.71. The molecule has 0 saturated carbocycles. The number of amides is 2. The van der Waals surface area contributed by atoms with Gasteiger partial charge in [-0.05, 0) is 48.2 Å². The van der Waals surface area contributed by atoms with Gasteiger partial charge >= 0.3 is 0 Å². The molecule has 6 rings (SSSR count). The van der Waals surface area contributed by atoms with Crippen molar-refractivity contribution in [3.05, 3.63) is 101 Å². The maximum Gasteiger partial charge on any atom is 0.255 e. The zero-order valence-electron chi connectivity index (χ0n) is 20.6. The number of anilines is 1. The predicted octanol–water partition coefficient (Wildman–Crippen LogP) is 4.41. The highest BCUT2D eigenvalue weighted by Crippen LogP contribution is 2.35. The summed E-state index contributed by atoms with van der Waals surface area (Å²) < 4.78 is 11.9. The number of carbonyl (C=O) groups is 2. The van der Waals surface area contributed by atoms with Crippen LogP contribution in [-0.4, -0.2) is 35.9 Å². The third-order valence-electron chi connectivity index (χ3n) is 7.27. The van der Waals surface area contributed by atoms with E-state index in [9.17, 15) is 9.59 Å². The van der Waals surface area contributed by atoms with Crippen molar-refractivity contribution in [2.75, 3.05) is 18.1 Å². The molecule has 0 bridgehead atoms. The number of nitrogens with one attached hydrogen (secondary N) is 1. The average Bonchev–Trinajstić information content (AvgIpc) is 3.25. The summed E-state index contributed by atoms with van der Waals surface area (Å²) in [5, 5.41) is 2.78. The summed E-state index contributed by atoms with van der Waals surface area (Å²) in [6, 6.07) is 21.6. The molecule has 3 aliphatic rings. The second-order valence-electron chi connectivity index (χ2n) is 9.71. The number of ether oxygens (including phenoxy) is 2. The Hall–Kier alpha value is -4.26. The Balaban J connectivity index is 1.11. The molecule has 0 aromatic heterocycles. The van der Waals surface area contributed by atoms with Gasteiger partial charge in [0, 0.05) is 23.4 Å². The molecule has 0 spiro atoms. The van der Waals surface area contributed by atoms with E-state index in [-0.39, 0.29) is 11.8 Å². The van der Waals surface area contributed by atoms with Gasteiger partial charge in [-0.15, -0.1) is 0 Å². The molecular weight excluding hydrogens is 466 g/mol. The highest BCUT2D eigenvalue weighted by Gasteiger charge is 2.39. The summed E-state index contributed by atoms with van der Waals surface area (Å²) in [7, 11) is 0. The van der Waals surface area contributed by atoms with Gasteiger partial charge in [-0.3, -0.25) is 9.59 Å². The molecule has 7 heteroatoms. The van der Waals surface area contributed by atoms with Crippen LogP contribution in [0.2, 0.25) is 0 Å². The van der Waals surface area contributed by atoms with Gasteiger partial charge in [-0.25, -0.2) is 0 Å². The van der Waals surface area contributed by atoms with E-state index in [0.717, 1.165) is 35.7 Å². The summed E-state index contributed by atoms with van der Waals surface area (Å²) in [6.07, 6.45) is 1.26. The summed E-state index contributed by atoms with van der Waals surface area (Å²) in [6.45, 7) is 6.95. The zero-order chi connectivity index (χ0) is 25.4. The van der Waals surface area contributed by atoms with Crippen LogP contribution in [0.15, 0.2) is 79.0 Å². The van der Waals surface area contributed by atoms with E-state index in [1.807, 2.05) is 36.4 Å². The molecular formula is C30H29N3O4. The van der Waals surface area contributed by atoms with E-state index in [4.69, 9.17) is 9.47 Å². The molecule has 188 valence electrons. The lowest BCUT2D eigenvalue weighted by Gasteiger charge is -2.31. The topological polar surface area (TPSA) is 71.1 Å². The quantitative estimate of drug-likeness (QED) is 0.549. The highest BCUT2D eigenvalue weighted by atomic mass is 16.5. The number of allylic oxidation sites excluding steroid dienone is 1. The molecule has 1 fully saturated rings. The van der Waals surface area contributed by atoms with Gasteiger partial charge in [0.15, 0.2) is 0 Å². The lowest BCUT2D eigenvalue weighted by atomic mass is 10.0. The fraction of sp³-hybridized carbons (Fsp3) is 0.267. The Kier molecular flexibility index (Phi) is 6.04. The number of piperidine rings is 1. The lowest BCUT2D eigenvalue weighted by Crippen LogP contribution is -2.49. The lowest BCUT2D eigenvalue weighted by molar-refractivity contribution is -0.126. The van der Waals surface area contributed by atoms with Gasteiger partial charge in [0.1, 0.15) is 30.8 Å². The smallest absolute Gasteiger partial charge is 0.255 e. The fourth-order valence-electron chi connectivity index (χ4n) is 5.29. The largest absolute Gasteiger partial charge is 0.490 e. The molecule has 1 atom stereocenters. The van der Waals surface area contributed by atoms with Crippen LogP contribution in [0.25, 0.3) is 0 Å². The maximum atomic E-state index is 13.1. The molecule has 3 aliphatic heterocycles. The minimum absolute atomic E-state index is 0.123. The Morgan fingerprint density at radius 2 is 1.81 bits per heavy atom. The molecule has 2 amide bonds. The zero-order valence-corrected chi connectivity index (χ0v) is 20.6. The van der Waals surface area contributed by atoms with Gasteiger partial charge in [-0.1, -0.05) is 49.0 Å². The molecule has 37 heavy (non-hydrogen) atoms. The first kappa shape index (κ1) is 23.2. The number of nitrogens with zero attached hydrogens (tertiary/aromatic N) is 2. The van der Waals surface area contributed by atoms with Crippen LogP contribution in [0.4, 0.5) is 5.69 Å². The Morgan fingerprint density at radius 1 is 1.00 bits per heavy atom. The molecule has 3 aromatic rings. The number of benzene rings is 3. The van der Waals surface area contributed by atoms with Crippen molar-refractivity contribution in [3.8, 4) is 11.5 Å². The van der Waals surface area contributed by atoms with Gasteiger partial charge in [0.25, 0.3) is 5.91 Å². The van der Waals surface area contributed by atoms with Crippen LogP contribution in [0.1, 0.15) is 39.9 Å². The highest BCUT2D eigenvalue weighted by molar-refractivity contribution is 6.02. The molecule has 0 aliphatic carbocycles. The standard InChI is InChI=1S/C30H29N3O4/c1-20-9-14-26(29(34)31-20)33-18-24-23(30(33)35)5-4-8-27(24)37-19-22-12-10-21(11-13-22)17-32-15-16-36-28-7-3-2-6-25(28)32/h2-8,10-13,26H,1,9,14-19H2,(H,31,34). The van der Waals surface area contributed by atoms with E-state index < -0.39 is 6.04 Å². The number of rotatable bonds is 6. The average molecular weight is 496 g/mol. The number of hydrogen-bond donors (Lipinski definition) is 1. The van der Waals surface area contributed by atoms with E-state index in [1.54, 1.807) is 4.90 Å². The van der Waals surface area contributed by atoms with Crippen LogP contribution in [0.5, 0.6) is 11.5 Å². The van der Waals surface area contributed by atoms with Crippen LogP contribution < -0.4 is 19.7 Å². The van der Waals surface area contributed by atoms with Crippen LogP contribution in [0.3, 0.4) is 0 Å². The van der Waals surface area contributed by atoms with E-state index in [1.165, 1.54) is 5.56 Å². The minimum Gasteiger partial charge on any atom is -0.490 e. The van der Waals surface area contributed by atoms with Crippen molar-refractivity contribution in [2.24, 2.45) is 0 Å². The third kappa shape index (κ3) is 4.53. The molecule has 3 aromatic carbocycles. The van der Waals surface area contributed by atoms with Crippen molar-refractivity contribution in [1.29, 1.82) is 0 Å². The molecule has 3 heterocycles. The Labute approximate surface area is 216 Å². The van der Waals surface area contributed by atoms with Gasteiger partial charge < -0.3 is 24.6 Å². The maximum absolute atomic E-state index is 13.1. The number of fused-ring (bicyclic) bond motifs is 2. The first-order valence-electron chi connectivity index (χ1n) is 12.7. The normalized spacial score (nSPS) is 18.7. The molecule has 0 radical (unpaired) electrons. The van der Waals surface area contributed by atoms with Crippen LogP contribution in [-0.2, 0) is 24.5 Å². The van der Waals surface area contributed by atoms with Gasteiger partial charge in [-0.2, -0.15) is 0 Å². The third-order valence-corrected chi connectivity index (χ3v) is 7.27. The number of para-hydroxylation sites is 2. The molecule has 1 N–H and O–H groups in total. The minimum atomic E-state index is -0.482. The van der Waals surface area contributed by atoms with Crippen LogP contribution >= 0.6 is 0 Å². The van der Waals surface area contributed by atoms with Crippen molar-refractivity contribution < 1.29 is 19.1 Å². The molecule has 7 nitrogen and oxygen atoms in total. The number of carbonyl (C=O) groups excluding carboxylic acids is 2. The summed E-state index contributed by atoms with van der Waals surface area (Å²) in [5.41, 5.74) is 5.54.